The van der Waals surface area contributed by atoms with Crippen LogP contribution in [0.2, 0.25) is 0 Å². The van der Waals surface area contributed by atoms with Crippen molar-refractivity contribution in [3.63, 3.8) is 0 Å². The Kier molecular flexibility index (Phi) is 4.26. The third-order valence-electron chi connectivity index (χ3n) is 3.81. The number of carbonyl (C=O) groups is 1. The molecule has 1 aliphatic rings. The monoisotopic (exact) mass is 304 g/mol. The van der Waals surface area contributed by atoms with Gasteiger partial charge in [-0.1, -0.05) is 0 Å². The summed E-state index contributed by atoms with van der Waals surface area (Å²) in [6.07, 6.45) is 6.04. The van der Waals surface area contributed by atoms with E-state index in [0.717, 1.165) is 5.56 Å². The predicted octanol–water partition coefficient (Wildman–Crippen LogP) is 0.332. The first-order valence-corrected chi connectivity index (χ1v) is 7.31. The number of hydrogen-bond donors (Lipinski definition) is 1. The van der Waals surface area contributed by atoms with Crippen molar-refractivity contribution >= 4 is 5.91 Å². The van der Waals surface area contributed by atoms with Gasteiger partial charge in [0.05, 0.1) is 30.4 Å². The second kappa shape index (κ2) is 6.33. The number of carbonyl (C=O) groups excluding carboxylic acids is 1. The minimum absolute atomic E-state index is 0.0858. The summed E-state index contributed by atoms with van der Waals surface area (Å²) < 4.78 is 6.67. The largest absolute Gasteiger partial charge is 0.472 e. The highest BCUT2D eigenvalue weighted by Crippen LogP contribution is 2.12. The average Bonchev–Trinajstić information content (AvgIpc) is 3.10. The number of furan rings is 1. The summed E-state index contributed by atoms with van der Waals surface area (Å²) in [6.45, 7) is 2.90. The number of β-amino-alcohol motifs (C(OH)–C–C–N with tert-alkyl or cyclic N) is 1. The van der Waals surface area contributed by atoms with Crippen molar-refractivity contribution in [2.24, 2.45) is 7.05 Å². The first-order chi connectivity index (χ1) is 10.6. The molecule has 1 fully saturated rings. The smallest absolute Gasteiger partial charge is 0.257 e. The zero-order chi connectivity index (χ0) is 15.5. The minimum Gasteiger partial charge on any atom is -0.472 e. The van der Waals surface area contributed by atoms with Crippen LogP contribution in [0.15, 0.2) is 35.4 Å². The van der Waals surface area contributed by atoms with Gasteiger partial charge in [-0.05, 0) is 6.07 Å². The van der Waals surface area contributed by atoms with Crippen LogP contribution in [0.1, 0.15) is 15.9 Å². The third-order valence-corrected chi connectivity index (χ3v) is 3.81. The second-order valence-corrected chi connectivity index (χ2v) is 5.67. The fourth-order valence-corrected chi connectivity index (χ4v) is 2.74. The van der Waals surface area contributed by atoms with Gasteiger partial charge in [-0.2, -0.15) is 5.10 Å². The topological polar surface area (TPSA) is 74.7 Å². The number of aliphatic hydroxyl groups is 1. The maximum absolute atomic E-state index is 12.5. The van der Waals surface area contributed by atoms with Crippen LogP contribution in [0.25, 0.3) is 0 Å². The lowest BCUT2D eigenvalue weighted by Gasteiger charge is -2.21. The van der Waals surface area contributed by atoms with Gasteiger partial charge >= 0.3 is 0 Å². The lowest BCUT2D eigenvalue weighted by Crippen LogP contribution is -2.37. The van der Waals surface area contributed by atoms with Gasteiger partial charge in [-0.25, -0.2) is 0 Å². The average molecular weight is 304 g/mol. The fourth-order valence-electron chi connectivity index (χ4n) is 2.74. The van der Waals surface area contributed by atoms with Crippen LogP contribution in [-0.2, 0) is 13.6 Å². The van der Waals surface area contributed by atoms with E-state index in [-0.39, 0.29) is 5.91 Å². The van der Waals surface area contributed by atoms with Gasteiger partial charge in [0.25, 0.3) is 5.91 Å². The summed E-state index contributed by atoms with van der Waals surface area (Å²) in [5, 5.41) is 14.2. The van der Waals surface area contributed by atoms with E-state index in [1.54, 1.807) is 41.5 Å². The molecule has 1 amide bonds. The van der Waals surface area contributed by atoms with Crippen LogP contribution in [0, 0.1) is 0 Å². The van der Waals surface area contributed by atoms with Gasteiger partial charge in [-0.3, -0.25) is 14.4 Å². The Morgan fingerprint density at radius 2 is 2.32 bits per heavy atom. The minimum atomic E-state index is -0.560. The molecular weight excluding hydrogens is 284 g/mol. The molecule has 0 radical (unpaired) electrons. The number of rotatable bonds is 3. The zero-order valence-corrected chi connectivity index (χ0v) is 12.6. The molecule has 1 atom stereocenters. The molecule has 0 aromatic carbocycles. The van der Waals surface area contributed by atoms with Crippen molar-refractivity contribution in [1.29, 1.82) is 0 Å². The van der Waals surface area contributed by atoms with Crippen LogP contribution in [-0.4, -0.2) is 62.9 Å². The maximum Gasteiger partial charge on any atom is 0.257 e. The van der Waals surface area contributed by atoms with Gasteiger partial charge in [-0.15, -0.1) is 0 Å². The van der Waals surface area contributed by atoms with Gasteiger partial charge in [0.15, 0.2) is 0 Å². The molecule has 2 aromatic heterocycles. The van der Waals surface area contributed by atoms with Crippen molar-refractivity contribution in [2.45, 2.75) is 12.6 Å². The number of hydrogen-bond acceptors (Lipinski definition) is 5. The Balaban J connectivity index is 1.65. The van der Waals surface area contributed by atoms with Crippen molar-refractivity contribution in [3.8, 4) is 0 Å². The Bertz CT molecular complexity index is 623. The van der Waals surface area contributed by atoms with E-state index in [4.69, 9.17) is 4.42 Å². The van der Waals surface area contributed by atoms with Gasteiger partial charge in [0.1, 0.15) is 0 Å². The fraction of sp³-hybridized carbons (Fsp3) is 0.467. The summed E-state index contributed by atoms with van der Waals surface area (Å²) in [5.74, 6) is -0.0858. The van der Waals surface area contributed by atoms with E-state index in [1.807, 2.05) is 6.07 Å². The quantitative estimate of drug-likeness (QED) is 0.884. The van der Waals surface area contributed by atoms with Crippen LogP contribution in [0.5, 0.6) is 0 Å². The summed E-state index contributed by atoms with van der Waals surface area (Å²) in [5.41, 5.74) is 1.62. The molecule has 0 spiro atoms. The molecule has 7 nitrogen and oxygen atoms in total. The third kappa shape index (κ3) is 3.37. The van der Waals surface area contributed by atoms with Gasteiger partial charge < -0.3 is 14.4 Å². The summed E-state index contributed by atoms with van der Waals surface area (Å²) in [7, 11) is 1.78. The predicted molar refractivity (Wildman–Crippen MR) is 79.1 cm³/mol. The molecule has 2 aromatic rings. The molecule has 1 saturated heterocycles. The Labute approximate surface area is 128 Å². The number of nitrogens with zero attached hydrogens (tertiary/aromatic N) is 4. The van der Waals surface area contributed by atoms with E-state index in [1.165, 1.54) is 0 Å². The molecule has 22 heavy (non-hydrogen) atoms. The van der Waals surface area contributed by atoms with Crippen molar-refractivity contribution in [3.05, 3.63) is 42.1 Å². The summed E-state index contributed by atoms with van der Waals surface area (Å²) in [4.78, 5) is 16.3. The lowest BCUT2D eigenvalue weighted by atomic mass is 10.2. The van der Waals surface area contributed by atoms with E-state index in [9.17, 15) is 9.90 Å². The van der Waals surface area contributed by atoms with E-state index >= 15 is 0 Å². The molecule has 0 bridgehead atoms. The van der Waals surface area contributed by atoms with Crippen molar-refractivity contribution in [2.75, 3.05) is 26.2 Å². The van der Waals surface area contributed by atoms with Crippen molar-refractivity contribution in [1.82, 2.24) is 19.6 Å². The molecule has 0 saturated carbocycles. The number of aliphatic hydroxyl groups excluding tert-OH is 1. The Morgan fingerprint density at radius 3 is 3.00 bits per heavy atom. The van der Waals surface area contributed by atoms with Crippen molar-refractivity contribution < 1.29 is 14.3 Å². The number of aromatic nitrogens is 2. The molecule has 0 aliphatic carbocycles. The molecule has 1 aliphatic heterocycles. The molecule has 7 heteroatoms. The first-order valence-electron chi connectivity index (χ1n) is 7.31. The summed E-state index contributed by atoms with van der Waals surface area (Å²) in [6, 6.07) is 1.91. The Hall–Kier alpha value is -2.12. The lowest BCUT2D eigenvalue weighted by molar-refractivity contribution is 0.0663. The molecule has 3 heterocycles. The van der Waals surface area contributed by atoms with Gasteiger partial charge in [0, 0.05) is 51.5 Å². The Morgan fingerprint density at radius 1 is 1.45 bits per heavy atom. The molecule has 118 valence electrons. The van der Waals surface area contributed by atoms with Crippen LogP contribution < -0.4 is 0 Å². The first kappa shape index (κ1) is 14.8. The van der Waals surface area contributed by atoms with E-state index in [2.05, 4.69) is 10.00 Å². The molecule has 1 N–H and O–H groups in total. The second-order valence-electron chi connectivity index (χ2n) is 5.67. The highest BCUT2D eigenvalue weighted by Gasteiger charge is 2.25. The van der Waals surface area contributed by atoms with Crippen LogP contribution in [0.3, 0.4) is 0 Å². The standard InChI is InChI=1S/C15H20N4O3/c1-17-8-13(6-16-17)15(21)19-4-3-18(9-14(20)10-19)7-12-2-5-22-11-12/h2,5-6,8,11,14,20H,3-4,7,9-10H2,1H3/t14-/m0/s1. The van der Waals surface area contributed by atoms with Crippen LogP contribution in [0.4, 0.5) is 0 Å². The molecule has 0 unspecified atom stereocenters. The van der Waals surface area contributed by atoms with E-state index in [0.29, 0.717) is 38.3 Å². The highest BCUT2D eigenvalue weighted by atomic mass is 16.3. The number of amides is 1. The van der Waals surface area contributed by atoms with Gasteiger partial charge in [0.2, 0.25) is 0 Å². The SMILES string of the molecule is Cn1cc(C(=O)N2CCN(Cc3ccoc3)C[C@H](O)C2)cn1. The summed E-state index contributed by atoms with van der Waals surface area (Å²) >= 11 is 0. The maximum atomic E-state index is 12.5. The zero-order valence-electron chi connectivity index (χ0n) is 12.6. The number of aryl methyl sites for hydroxylation is 1. The normalized spacial score (nSPS) is 20.1. The highest BCUT2D eigenvalue weighted by molar-refractivity contribution is 5.93. The van der Waals surface area contributed by atoms with E-state index < -0.39 is 6.10 Å². The molecule has 3 rings (SSSR count). The molecular formula is C15H20N4O3. The van der Waals surface area contributed by atoms with Crippen LogP contribution >= 0.6 is 0 Å².